The van der Waals surface area contributed by atoms with Crippen LogP contribution in [0.2, 0.25) is 0 Å². The maximum absolute atomic E-state index is 16.6. The minimum absolute atomic E-state index is 0.0815. The highest BCUT2D eigenvalue weighted by molar-refractivity contribution is 6.15. The lowest BCUT2D eigenvalue weighted by Crippen LogP contribution is -2.56. The van der Waals surface area contributed by atoms with Crippen LogP contribution in [-0.2, 0) is 47.4 Å². The molecule has 7 aliphatic heterocycles. The SMILES string of the molecule is O=C(O[C@@H]1COC(=O)c2cc(O)c(O)c(O)c2-c2c(cc(O)c(O)c2O)C(=O)O[C@H]1[C@@H]1OC(=O)c2cc(O)c(O)c(O)c2-c2c(O)c(O)c(O)c3c2C(=O)O[C@H]1[C@H]3c1c(C(=O)O[C@@H]2COC(=O)c3cc(O)c(O)c(O)c3-c3c(cc(O)c(O)c3O)C(=O)O[C@H]2[C@@H]2OC(=O)c3cc(O)c(O)c(O)c3-c3c(O)c(O)c(O)c4c3C(=O)O[C@H]2[C@@H]4O)cc(O)c(O)c1O)c1cc(O)c(O)c(O)c1. The molecule has 6 bridgehead atoms. The number of aliphatic hydroxyl groups excluding tert-OH is 1. The second-order valence-electron chi connectivity index (χ2n) is 29.7. The number of phenolic OH excluding ortho intramolecular Hbond substituents is 30. The average Bonchev–Trinajstić information content (AvgIpc) is 0.801. The van der Waals surface area contributed by atoms with Gasteiger partial charge in [-0.15, -0.1) is 0 Å². The number of fused-ring (bicyclic) bond motifs is 13. The van der Waals surface area contributed by atoms with Crippen LogP contribution in [0.4, 0.5) is 0 Å². The molecule has 0 aliphatic carbocycles. The van der Waals surface area contributed by atoms with Crippen LogP contribution < -0.4 is 0 Å². The third-order valence-corrected chi connectivity index (χ3v) is 22.3. The standard InChI is InChI=1S/C82H54O51/c83-20-1-12(2-21(84)45(20)92)73(114)126-29-10-124-74(115)13-3-22(85)46(93)53(100)31(13)33-15(5-24(87)48(95)55(33)102)77(118)128-67(29)71-69-41(40-42(81(122)130-69)38(60(107)65(112)62(40)109)35-17(79(120)132-71)7-26(89)50(97)57(35)104)37-19(9-28(91)52(99)59(37)106)76(117)127-30-11-125-75(116)14-4-23(86)47(94)54(101)32(14)34-16(6-25(88)49(96)56(34)103)78(119)129-68(30)72-70-64(111)44-43(82(123)131-70)39(61(108)66(113)63(44)110)36-18(80(121)133-72)8-27(90)51(98)58(36)105/h1-9,29-30,41,64,67-72,83-113H,10-11H2/t29-,30-,41+,64-,67-,68-,69+,70+,71+,72+/m1/s1. The topological polar surface area (TPSA) is 890 Å². The second-order valence-corrected chi connectivity index (χ2v) is 29.7. The molecule has 10 aromatic carbocycles. The van der Waals surface area contributed by atoms with Crippen molar-refractivity contribution >= 4 is 59.7 Å². The average molecular weight is 1860 g/mol. The number of rotatable bonds is 7. The quantitative estimate of drug-likeness (QED) is 0.0619. The molecule has 133 heavy (non-hydrogen) atoms. The summed E-state index contributed by atoms with van der Waals surface area (Å²) in [4.78, 5) is 155. The van der Waals surface area contributed by atoms with Crippen molar-refractivity contribution in [2.24, 2.45) is 0 Å². The predicted octanol–water partition coefficient (Wildman–Crippen LogP) is 3.09. The van der Waals surface area contributed by atoms with Crippen LogP contribution in [-0.4, -0.2) is 280 Å². The lowest BCUT2D eigenvalue weighted by Gasteiger charge is -2.43. The van der Waals surface area contributed by atoms with Gasteiger partial charge in [0.1, 0.15) is 19.3 Å². The van der Waals surface area contributed by atoms with E-state index in [4.69, 9.17) is 47.4 Å². The molecule has 0 amide bonds. The maximum atomic E-state index is 16.6. The highest BCUT2D eigenvalue weighted by Crippen LogP contribution is 2.64. The van der Waals surface area contributed by atoms with Crippen molar-refractivity contribution < 1.29 is 254 Å². The number of aliphatic hydroxyl groups is 1. The van der Waals surface area contributed by atoms with Gasteiger partial charge in [0.15, 0.2) is 170 Å². The Bertz CT molecular complexity index is 7020. The lowest BCUT2D eigenvalue weighted by molar-refractivity contribution is -0.154. The molecule has 7 heterocycles. The molecule has 688 valence electrons. The van der Waals surface area contributed by atoms with Crippen molar-refractivity contribution in [3.8, 4) is 217 Å². The van der Waals surface area contributed by atoms with Crippen molar-refractivity contribution in [2.75, 3.05) is 13.2 Å². The summed E-state index contributed by atoms with van der Waals surface area (Å²) in [5, 5.41) is 356. The molecule has 0 saturated heterocycles. The number of hydrogen-bond donors (Lipinski definition) is 31. The third-order valence-electron chi connectivity index (χ3n) is 22.3. The highest BCUT2D eigenvalue weighted by Gasteiger charge is 2.60. The molecule has 0 fully saturated rings. The summed E-state index contributed by atoms with van der Waals surface area (Å²) >= 11 is 0. The van der Waals surface area contributed by atoms with Crippen LogP contribution in [0.3, 0.4) is 0 Å². The first-order valence-corrected chi connectivity index (χ1v) is 37.1. The zero-order chi connectivity index (χ0) is 96.8. The summed E-state index contributed by atoms with van der Waals surface area (Å²) in [6, 6.07) is 1.42. The highest BCUT2D eigenvalue weighted by atomic mass is 16.7. The van der Waals surface area contributed by atoms with Gasteiger partial charge in [-0.1, -0.05) is 0 Å². The van der Waals surface area contributed by atoms with E-state index in [-0.39, 0.29) is 42.5 Å². The number of ether oxygens (including phenoxy) is 10. The maximum Gasteiger partial charge on any atom is 0.339 e. The number of phenols is 30. The Kier molecular flexibility index (Phi) is 20.1. The second kappa shape index (κ2) is 30.6. The van der Waals surface area contributed by atoms with Gasteiger partial charge in [0, 0.05) is 61.2 Å². The van der Waals surface area contributed by atoms with E-state index in [0.717, 1.165) is 0 Å². The van der Waals surface area contributed by atoms with E-state index in [1.54, 1.807) is 0 Å². The van der Waals surface area contributed by atoms with E-state index in [2.05, 4.69) is 0 Å². The van der Waals surface area contributed by atoms with Crippen molar-refractivity contribution in [3.63, 3.8) is 0 Å². The van der Waals surface area contributed by atoms with Gasteiger partial charge in [0.25, 0.3) is 0 Å². The smallest absolute Gasteiger partial charge is 0.339 e. The Morgan fingerprint density at radius 2 is 0.489 bits per heavy atom. The van der Waals surface area contributed by atoms with Gasteiger partial charge in [-0.05, 0) is 54.6 Å². The predicted molar refractivity (Wildman–Crippen MR) is 411 cm³/mol. The van der Waals surface area contributed by atoms with E-state index in [1.165, 1.54) is 0 Å². The van der Waals surface area contributed by atoms with Crippen molar-refractivity contribution in [1.82, 2.24) is 0 Å². The fourth-order valence-electron chi connectivity index (χ4n) is 16.2. The zero-order valence-electron chi connectivity index (χ0n) is 64.9. The third kappa shape index (κ3) is 13.0. The summed E-state index contributed by atoms with van der Waals surface area (Å²) in [6.07, 6.45) is -30.1. The summed E-state index contributed by atoms with van der Waals surface area (Å²) < 4.78 is 58.1. The van der Waals surface area contributed by atoms with E-state index >= 15 is 33.6 Å². The molecule has 0 spiro atoms. The molecule has 0 radical (unpaired) electrons. The first-order valence-electron chi connectivity index (χ1n) is 37.1. The first-order chi connectivity index (χ1) is 62.5. The first kappa shape index (κ1) is 87.3. The summed E-state index contributed by atoms with van der Waals surface area (Å²) in [5.74, 6) is -77.7. The Hall–Kier alpha value is -19.1. The number of carbonyl (C=O) groups excluding carboxylic acids is 10. The Labute approximate surface area is 728 Å². The largest absolute Gasteiger partial charge is 0.504 e. The van der Waals surface area contributed by atoms with Crippen molar-refractivity contribution in [3.05, 3.63) is 127 Å². The van der Waals surface area contributed by atoms with Crippen molar-refractivity contribution in [1.29, 1.82) is 0 Å². The number of cyclic esters (lactones) is 5. The molecule has 10 aromatic rings. The number of aromatic hydroxyl groups is 30. The summed E-state index contributed by atoms with van der Waals surface area (Å²) in [6.45, 7) is -4.07. The van der Waals surface area contributed by atoms with Crippen LogP contribution in [0.25, 0.3) is 44.5 Å². The summed E-state index contributed by atoms with van der Waals surface area (Å²) in [5.41, 5.74) is -31.9. The molecule has 0 saturated carbocycles. The van der Waals surface area contributed by atoms with E-state index < -0.39 is 423 Å². The van der Waals surface area contributed by atoms with Gasteiger partial charge in [-0.2, -0.15) is 0 Å². The fraction of sp³-hybridized carbons (Fsp3) is 0.146. The molecule has 10 atom stereocenters. The van der Waals surface area contributed by atoms with Crippen LogP contribution in [0.5, 0.6) is 172 Å². The zero-order valence-corrected chi connectivity index (χ0v) is 64.9. The van der Waals surface area contributed by atoms with E-state index in [1.807, 2.05) is 0 Å². The van der Waals surface area contributed by atoms with Crippen LogP contribution in [0.1, 0.15) is 132 Å². The van der Waals surface area contributed by atoms with Crippen LogP contribution in [0.15, 0.2) is 54.6 Å². The molecular weight excluding hydrogens is 1800 g/mol. The van der Waals surface area contributed by atoms with Gasteiger partial charge in [-0.25, -0.2) is 47.9 Å². The molecule has 0 unspecified atom stereocenters. The summed E-state index contributed by atoms with van der Waals surface area (Å²) in [7, 11) is 0. The minimum atomic E-state index is -3.57. The molecule has 7 aliphatic rings. The number of hydrogen-bond acceptors (Lipinski definition) is 51. The number of esters is 10. The van der Waals surface area contributed by atoms with Gasteiger partial charge in [-0.3, -0.25) is 0 Å². The molecular formula is C82H54O51. The van der Waals surface area contributed by atoms with Gasteiger partial charge in [0.05, 0.1) is 61.6 Å². The number of carbonyl (C=O) groups is 10. The molecule has 31 N–H and O–H groups in total. The monoisotopic (exact) mass is 1850 g/mol. The number of benzene rings is 10. The Morgan fingerprint density at radius 3 is 0.850 bits per heavy atom. The van der Waals surface area contributed by atoms with Gasteiger partial charge in [0.2, 0.25) is 51.7 Å². The molecule has 17 rings (SSSR count). The minimum Gasteiger partial charge on any atom is -0.504 e. The van der Waals surface area contributed by atoms with Crippen LogP contribution in [0, 0.1) is 0 Å². The molecule has 51 heteroatoms. The Morgan fingerprint density at radius 1 is 0.233 bits per heavy atom. The fourth-order valence-corrected chi connectivity index (χ4v) is 16.2. The van der Waals surface area contributed by atoms with Gasteiger partial charge >= 0.3 is 59.7 Å². The molecule has 0 aromatic heterocycles. The van der Waals surface area contributed by atoms with Crippen molar-refractivity contribution in [2.45, 2.75) is 60.9 Å². The normalized spacial score (nSPS) is 20.1. The van der Waals surface area contributed by atoms with Gasteiger partial charge < -0.3 is 206 Å². The lowest BCUT2D eigenvalue weighted by atomic mass is 9.73. The molecule has 51 nitrogen and oxygen atoms in total. The van der Waals surface area contributed by atoms with E-state index in [9.17, 15) is 173 Å². The van der Waals surface area contributed by atoms with E-state index in [0.29, 0.717) is 12.1 Å². The van der Waals surface area contributed by atoms with Crippen LogP contribution >= 0.6 is 0 Å². The Balaban J connectivity index is 0.976.